The van der Waals surface area contributed by atoms with Crippen molar-refractivity contribution in [2.75, 3.05) is 26.4 Å². The van der Waals surface area contributed by atoms with E-state index in [1.54, 1.807) is 24.3 Å². The summed E-state index contributed by atoms with van der Waals surface area (Å²) in [5, 5.41) is 11.1. The number of aliphatic carboxylic acids is 1. The summed E-state index contributed by atoms with van der Waals surface area (Å²) >= 11 is 0. The third kappa shape index (κ3) is 7.44. The van der Waals surface area contributed by atoms with Crippen LogP contribution in [0.5, 0.6) is 5.75 Å². The van der Waals surface area contributed by atoms with Gasteiger partial charge in [-0.05, 0) is 38.1 Å². The summed E-state index contributed by atoms with van der Waals surface area (Å²) in [5.41, 5.74) is 1.64. The number of ether oxygens (including phenoxy) is 2. The van der Waals surface area contributed by atoms with Crippen LogP contribution in [-0.2, 0) is 9.53 Å². The van der Waals surface area contributed by atoms with Gasteiger partial charge < -0.3 is 19.9 Å². The van der Waals surface area contributed by atoms with Gasteiger partial charge in [-0.1, -0.05) is 11.6 Å². The molecule has 0 atom stereocenters. The number of hydrogen-bond donors (Lipinski definition) is 2. The van der Waals surface area contributed by atoms with Crippen molar-refractivity contribution < 1.29 is 24.2 Å². The van der Waals surface area contributed by atoms with Gasteiger partial charge in [0.25, 0.3) is 5.91 Å². The summed E-state index contributed by atoms with van der Waals surface area (Å²) in [6.07, 6.45) is 1.95. The van der Waals surface area contributed by atoms with Crippen molar-refractivity contribution in [1.29, 1.82) is 0 Å². The van der Waals surface area contributed by atoms with E-state index in [0.29, 0.717) is 17.9 Å². The fourth-order valence-electron chi connectivity index (χ4n) is 1.53. The standard InChI is InChI=1S/C16H21NO5/c1-12(2)6-8-22-14-5-3-4-13(10-14)16(20)17-7-9-21-11-15(18)19/h3-6,10H,7-9,11H2,1-2H3,(H,17,20)(H,18,19). The first kappa shape index (κ1) is 17.7. The van der Waals surface area contributed by atoms with Gasteiger partial charge in [0.15, 0.2) is 0 Å². The van der Waals surface area contributed by atoms with Gasteiger partial charge in [-0.25, -0.2) is 4.79 Å². The molecule has 1 rings (SSSR count). The molecular formula is C16H21NO5. The van der Waals surface area contributed by atoms with Gasteiger partial charge in [-0.2, -0.15) is 0 Å². The van der Waals surface area contributed by atoms with Crippen LogP contribution in [0.2, 0.25) is 0 Å². The summed E-state index contributed by atoms with van der Waals surface area (Å²) < 4.78 is 10.4. The van der Waals surface area contributed by atoms with E-state index in [2.05, 4.69) is 5.32 Å². The third-order valence-electron chi connectivity index (χ3n) is 2.60. The third-order valence-corrected chi connectivity index (χ3v) is 2.60. The van der Waals surface area contributed by atoms with Gasteiger partial charge in [0, 0.05) is 12.1 Å². The molecule has 0 fully saturated rings. The van der Waals surface area contributed by atoms with E-state index in [4.69, 9.17) is 14.6 Å². The molecule has 1 aromatic carbocycles. The van der Waals surface area contributed by atoms with E-state index in [0.717, 1.165) is 5.57 Å². The molecule has 2 N–H and O–H groups in total. The lowest BCUT2D eigenvalue weighted by Crippen LogP contribution is -2.27. The number of nitrogens with one attached hydrogen (secondary N) is 1. The van der Waals surface area contributed by atoms with Crippen molar-refractivity contribution in [2.24, 2.45) is 0 Å². The number of carbonyl (C=O) groups is 2. The van der Waals surface area contributed by atoms with Crippen LogP contribution >= 0.6 is 0 Å². The number of amides is 1. The van der Waals surface area contributed by atoms with Crippen molar-refractivity contribution in [3.8, 4) is 5.75 Å². The normalized spacial score (nSPS) is 9.91. The molecule has 0 aliphatic rings. The number of rotatable bonds is 9. The number of hydrogen-bond acceptors (Lipinski definition) is 4. The van der Waals surface area contributed by atoms with Crippen LogP contribution < -0.4 is 10.1 Å². The average molecular weight is 307 g/mol. The molecule has 0 spiro atoms. The predicted molar refractivity (Wildman–Crippen MR) is 82.2 cm³/mol. The maximum Gasteiger partial charge on any atom is 0.329 e. The second-order valence-electron chi connectivity index (χ2n) is 4.82. The van der Waals surface area contributed by atoms with Crippen LogP contribution in [0.15, 0.2) is 35.9 Å². The van der Waals surface area contributed by atoms with Crippen LogP contribution in [0, 0.1) is 0 Å². The largest absolute Gasteiger partial charge is 0.490 e. The quantitative estimate of drug-likeness (QED) is 0.537. The zero-order valence-electron chi connectivity index (χ0n) is 12.8. The molecule has 6 heteroatoms. The molecule has 0 radical (unpaired) electrons. The zero-order valence-corrected chi connectivity index (χ0v) is 12.8. The van der Waals surface area contributed by atoms with Gasteiger partial charge >= 0.3 is 5.97 Å². The molecule has 0 saturated carbocycles. The monoisotopic (exact) mass is 307 g/mol. The minimum atomic E-state index is -1.03. The number of carbonyl (C=O) groups excluding carboxylic acids is 1. The van der Waals surface area contributed by atoms with Crippen LogP contribution in [0.25, 0.3) is 0 Å². The Hall–Kier alpha value is -2.34. The molecule has 0 aliphatic heterocycles. The molecule has 0 aliphatic carbocycles. The number of allylic oxidation sites excluding steroid dienone is 1. The second-order valence-corrected chi connectivity index (χ2v) is 4.82. The molecule has 0 unspecified atom stereocenters. The van der Waals surface area contributed by atoms with Crippen LogP contribution in [0.4, 0.5) is 0 Å². The fraction of sp³-hybridized carbons (Fsp3) is 0.375. The summed E-state index contributed by atoms with van der Waals surface area (Å²) in [6, 6.07) is 6.87. The molecular weight excluding hydrogens is 286 g/mol. The smallest absolute Gasteiger partial charge is 0.329 e. The van der Waals surface area contributed by atoms with Crippen LogP contribution in [0.1, 0.15) is 24.2 Å². The summed E-state index contributed by atoms with van der Waals surface area (Å²) in [7, 11) is 0. The lowest BCUT2D eigenvalue weighted by molar-refractivity contribution is -0.142. The first-order chi connectivity index (χ1) is 10.5. The molecule has 1 aromatic rings. The molecule has 0 bridgehead atoms. The first-order valence-electron chi connectivity index (χ1n) is 6.93. The Kier molecular flexibility index (Phi) is 7.70. The van der Waals surface area contributed by atoms with Crippen LogP contribution in [-0.4, -0.2) is 43.3 Å². The Morgan fingerprint density at radius 2 is 2.09 bits per heavy atom. The Labute approximate surface area is 129 Å². The highest BCUT2D eigenvalue weighted by molar-refractivity contribution is 5.94. The molecule has 6 nitrogen and oxygen atoms in total. The lowest BCUT2D eigenvalue weighted by Gasteiger charge is -2.08. The van der Waals surface area contributed by atoms with E-state index in [1.807, 2.05) is 19.9 Å². The maximum atomic E-state index is 11.9. The van der Waals surface area contributed by atoms with E-state index in [9.17, 15) is 9.59 Å². The fourth-order valence-corrected chi connectivity index (χ4v) is 1.53. The van der Waals surface area contributed by atoms with Crippen molar-refractivity contribution in [1.82, 2.24) is 5.32 Å². The Bertz CT molecular complexity index is 535. The Morgan fingerprint density at radius 1 is 1.32 bits per heavy atom. The number of carboxylic acids is 1. The summed E-state index contributed by atoms with van der Waals surface area (Å²) in [4.78, 5) is 22.2. The molecule has 1 amide bonds. The van der Waals surface area contributed by atoms with Crippen molar-refractivity contribution >= 4 is 11.9 Å². The SMILES string of the molecule is CC(C)=CCOc1cccc(C(=O)NCCOCC(=O)O)c1. The maximum absolute atomic E-state index is 11.9. The highest BCUT2D eigenvalue weighted by Gasteiger charge is 2.06. The first-order valence-corrected chi connectivity index (χ1v) is 6.93. The van der Waals surface area contributed by atoms with E-state index in [1.165, 1.54) is 0 Å². The van der Waals surface area contributed by atoms with Crippen molar-refractivity contribution in [3.63, 3.8) is 0 Å². The van der Waals surface area contributed by atoms with E-state index in [-0.39, 0.29) is 25.7 Å². The predicted octanol–water partition coefficient (Wildman–Crippen LogP) is 1.86. The van der Waals surface area contributed by atoms with Gasteiger partial charge in [-0.15, -0.1) is 0 Å². The highest BCUT2D eigenvalue weighted by Crippen LogP contribution is 2.13. The Morgan fingerprint density at radius 3 is 2.77 bits per heavy atom. The van der Waals surface area contributed by atoms with Gasteiger partial charge in [0.05, 0.1) is 6.61 Å². The zero-order chi connectivity index (χ0) is 16.4. The van der Waals surface area contributed by atoms with Gasteiger partial charge in [0.2, 0.25) is 0 Å². The van der Waals surface area contributed by atoms with Gasteiger partial charge in [-0.3, -0.25) is 4.79 Å². The lowest BCUT2D eigenvalue weighted by atomic mass is 10.2. The molecule has 0 saturated heterocycles. The molecule has 22 heavy (non-hydrogen) atoms. The minimum absolute atomic E-state index is 0.148. The molecule has 120 valence electrons. The summed E-state index contributed by atoms with van der Waals surface area (Å²) in [5.74, 6) is -0.675. The number of benzene rings is 1. The summed E-state index contributed by atoms with van der Waals surface area (Å²) in [6.45, 7) is 4.45. The molecule has 0 heterocycles. The highest BCUT2D eigenvalue weighted by atomic mass is 16.5. The average Bonchev–Trinajstić information content (AvgIpc) is 2.46. The van der Waals surface area contributed by atoms with Crippen molar-refractivity contribution in [3.05, 3.63) is 41.5 Å². The Balaban J connectivity index is 2.41. The second kappa shape index (κ2) is 9.57. The van der Waals surface area contributed by atoms with E-state index < -0.39 is 5.97 Å². The van der Waals surface area contributed by atoms with Crippen molar-refractivity contribution in [2.45, 2.75) is 13.8 Å². The minimum Gasteiger partial charge on any atom is -0.490 e. The number of carboxylic acid groups (broad SMARTS) is 1. The molecule has 0 aromatic heterocycles. The van der Waals surface area contributed by atoms with Gasteiger partial charge in [0.1, 0.15) is 19.0 Å². The van der Waals surface area contributed by atoms with E-state index >= 15 is 0 Å². The van der Waals surface area contributed by atoms with Crippen LogP contribution in [0.3, 0.4) is 0 Å². The topological polar surface area (TPSA) is 84.9 Å².